The molecule has 4 rings (SSSR count). The Hall–Kier alpha value is -1.47. The average molecular weight is 496 g/mol. The number of ether oxygens (including phenoxy) is 1. The molecule has 0 unspecified atom stereocenters. The Morgan fingerprint density at radius 2 is 1.73 bits per heavy atom. The largest absolute Gasteiger partial charge is 0.381 e. The van der Waals surface area contributed by atoms with Gasteiger partial charge in [0.25, 0.3) is 0 Å². The summed E-state index contributed by atoms with van der Waals surface area (Å²) in [6.45, 7) is 4.76. The minimum Gasteiger partial charge on any atom is -0.381 e. The van der Waals surface area contributed by atoms with Gasteiger partial charge in [0, 0.05) is 55.4 Å². The zero-order valence-corrected chi connectivity index (χ0v) is 19.1. The molecule has 160 valence electrons. The van der Waals surface area contributed by atoms with Gasteiger partial charge in [0.05, 0.1) is 5.41 Å². The summed E-state index contributed by atoms with van der Waals surface area (Å²) in [4.78, 5) is 18.0. The van der Waals surface area contributed by atoms with Crippen molar-refractivity contribution in [3.05, 3.63) is 68.9 Å². The highest BCUT2D eigenvalue weighted by atomic mass is 79.9. The maximum atomic E-state index is 13.7. The second-order valence-electron chi connectivity index (χ2n) is 8.01. The molecule has 0 bridgehead atoms. The third-order valence-electron chi connectivity index (χ3n) is 6.22. The molecule has 0 spiro atoms. The molecule has 0 atom stereocenters. The first-order valence-electron chi connectivity index (χ1n) is 10.3. The van der Waals surface area contributed by atoms with Gasteiger partial charge in [0.15, 0.2) is 0 Å². The molecule has 1 amide bonds. The van der Waals surface area contributed by atoms with E-state index in [0.29, 0.717) is 50.7 Å². The Bertz CT molecular complexity index is 895. The van der Waals surface area contributed by atoms with E-state index in [2.05, 4.69) is 33.0 Å². The highest BCUT2D eigenvalue weighted by molar-refractivity contribution is 9.10. The smallest absolute Gasteiger partial charge is 0.233 e. The number of carbonyl (C=O) groups is 1. The summed E-state index contributed by atoms with van der Waals surface area (Å²) >= 11 is 9.67. The number of hydrogen-bond acceptors (Lipinski definition) is 3. The molecule has 2 aliphatic rings. The van der Waals surface area contributed by atoms with Gasteiger partial charge in [-0.05, 0) is 48.2 Å². The Morgan fingerprint density at radius 1 is 1.07 bits per heavy atom. The minimum atomic E-state index is -0.513. The second-order valence-corrected chi connectivity index (χ2v) is 9.33. The fourth-order valence-corrected chi connectivity index (χ4v) is 4.91. The molecule has 0 radical (unpaired) electrons. The molecule has 7 heteroatoms. The molecule has 2 saturated heterocycles. The molecule has 2 fully saturated rings. The molecular formula is C23H25BrClFN2O2. The van der Waals surface area contributed by atoms with E-state index in [1.54, 1.807) is 6.07 Å². The molecule has 0 N–H and O–H groups in total. The van der Waals surface area contributed by atoms with Crippen molar-refractivity contribution >= 4 is 33.4 Å². The van der Waals surface area contributed by atoms with E-state index in [-0.39, 0.29) is 11.7 Å². The molecule has 0 aromatic heterocycles. The van der Waals surface area contributed by atoms with Crippen molar-refractivity contribution in [3.8, 4) is 0 Å². The summed E-state index contributed by atoms with van der Waals surface area (Å²) in [5.41, 5.74) is 1.47. The topological polar surface area (TPSA) is 32.8 Å². The first-order chi connectivity index (χ1) is 14.5. The number of piperazine rings is 1. The van der Waals surface area contributed by atoms with Gasteiger partial charge in [-0.2, -0.15) is 0 Å². The summed E-state index contributed by atoms with van der Waals surface area (Å²) in [5, 5.41) is 0.449. The van der Waals surface area contributed by atoms with E-state index in [4.69, 9.17) is 16.3 Å². The molecular weight excluding hydrogens is 471 g/mol. The molecule has 2 aliphatic heterocycles. The second kappa shape index (κ2) is 9.35. The monoisotopic (exact) mass is 494 g/mol. The van der Waals surface area contributed by atoms with E-state index in [1.165, 1.54) is 12.1 Å². The molecule has 0 aliphatic carbocycles. The molecule has 2 aromatic carbocycles. The quantitative estimate of drug-likeness (QED) is 0.620. The van der Waals surface area contributed by atoms with Gasteiger partial charge in [-0.15, -0.1) is 0 Å². The van der Waals surface area contributed by atoms with Crippen LogP contribution in [0.25, 0.3) is 0 Å². The normalized spacial score (nSPS) is 19.6. The zero-order valence-electron chi connectivity index (χ0n) is 16.8. The highest BCUT2D eigenvalue weighted by Crippen LogP contribution is 2.37. The molecule has 2 heterocycles. The lowest BCUT2D eigenvalue weighted by molar-refractivity contribution is -0.143. The third-order valence-corrected chi connectivity index (χ3v) is 7.10. The Balaban J connectivity index is 1.44. The van der Waals surface area contributed by atoms with Gasteiger partial charge < -0.3 is 9.64 Å². The molecule has 2 aromatic rings. The van der Waals surface area contributed by atoms with Crippen molar-refractivity contribution in [1.82, 2.24) is 9.80 Å². The van der Waals surface area contributed by atoms with Crippen molar-refractivity contribution in [2.75, 3.05) is 39.4 Å². The first-order valence-corrected chi connectivity index (χ1v) is 11.4. The van der Waals surface area contributed by atoms with Crippen molar-refractivity contribution in [2.45, 2.75) is 24.8 Å². The molecule has 30 heavy (non-hydrogen) atoms. The van der Waals surface area contributed by atoms with E-state index in [9.17, 15) is 9.18 Å². The van der Waals surface area contributed by atoms with Crippen LogP contribution in [0.5, 0.6) is 0 Å². The maximum Gasteiger partial charge on any atom is 0.233 e. The van der Waals surface area contributed by atoms with Crippen LogP contribution in [0.2, 0.25) is 5.02 Å². The Labute approximate surface area is 190 Å². The third kappa shape index (κ3) is 4.57. The maximum absolute atomic E-state index is 13.7. The first kappa shape index (κ1) is 21.8. The predicted molar refractivity (Wildman–Crippen MR) is 119 cm³/mol. The highest BCUT2D eigenvalue weighted by Gasteiger charge is 2.44. The van der Waals surface area contributed by atoms with Crippen molar-refractivity contribution < 1.29 is 13.9 Å². The van der Waals surface area contributed by atoms with Gasteiger partial charge >= 0.3 is 0 Å². The predicted octanol–water partition coefficient (Wildman–Crippen LogP) is 4.63. The van der Waals surface area contributed by atoms with Crippen LogP contribution in [0, 0.1) is 5.82 Å². The van der Waals surface area contributed by atoms with Crippen molar-refractivity contribution in [2.24, 2.45) is 0 Å². The number of hydrogen-bond donors (Lipinski definition) is 0. The Kier molecular flexibility index (Phi) is 6.78. The number of carbonyl (C=O) groups excluding carboxylic acids is 1. The van der Waals surface area contributed by atoms with Gasteiger partial charge in [-0.1, -0.05) is 45.7 Å². The number of benzene rings is 2. The van der Waals surface area contributed by atoms with E-state index < -0.39 is 5.41 Å². The lowest BCUT2D eigenvalue weighted by Gasteiger charge is -2.43. The lowest BCUT2D eigenvalue weighted by Crippen LogP contribution is -2.55. The summed E-state index contributed by atoms with van der Waals surface area (Å²) in [6.07, 6.45) is 1.41. The van der Waals surface area contributed by atoms with Crippen LogP contribution < -0.4 is 0 Å². The number of rotatable bonds is 4. The fraction of sp³-hybridized carbons (Fsp3) is 0.435. The standard InChI is InChI=1S/C23H25BrClFN2O2/c24-19-4-2-18(3-5-19)23(7-13-30-14-8-23)22(29)28-11-9-27(10-12-28)16-17-1-6-20(26)15-21(17)25/h1-6,15H,7-14,16H2. The van der Waals surface area contributed by atoms with Gasteiger partial charge in [-0.25, -0.2) is 4.39 Å². The van der Waals surface area contributed by atoms with E-state index in [1.807, 2.05) is 17.0 Å². The van der Waals surface area contributed by atoms with Gasteiger partial charge in [0.2, 0.25) is 5.91 Å². The summed E-state index contributed by atoms with van der Waals surface area (Å²) < 4.78 is 19.9. The van der Waals surface area contributed by atoms with Crippen LogP contribution in [0.1, 0.15) is 24.0 Å². The molecule has 4 nitrogen and oxygen atoms in total. The van der Waals surface area contributed by atoms with Crippen LogP contribution in [-0.4, -0.2) is 55.1 Å². The number of nitrogens with zero attached hydrogens (tertiary/aromatic N) is 2. The van der Waals surface area contributed by atoms with Crippen LogP contribution in [0.3, 0.4) is 0 Å². The van der Waals surface area contributed by atoms with Crippen LogP contribution in [-0.2, 0) is 21.5 Å². The summed E-state index contributed by atoms with van der Waals surface area (Å²) in [5.74, 6) is -0.124. The fourth-order valence-electron chi connectivity index (χ4n) is 4.42. The van der Waals surface area contributed by atoms with E-state index in [0.717, 1.165) is 28.7 Å². The molecule has 0 saturated carbocycles. The SMILES string of the molecule is O=C(N1CCN(Cc2ccc(F)cc2Cl)CC1)C1(c2ccc(Br)cc2)CCOCC1. The summed E-state index contributed by atoms with van der Waals surface area (Å²) in [7, 11) is 0. The van der Waals surface area contributed by atoms with Crippen molar-refractivity contribution in [3.63, 3.8) is 0 Å². The van der Waals surface area contributed by atoms with Crippen LogP contribution >= 0.6 is 27.5 Å². The van der Waals surface area contributed by atoms with Crippen LogP contribution in [0.4, 0.5) is 4.39 Å². The zero-order chi connectivity index (χ0) is 21.1. The van der Waals surface area contributed by atoms with E-state index >= 15 is 0 Å². The lowest BCUT2D eigenvalue weighted by atomic mass is 9.73. The van der Waals surface area contributed by atoms with Gasteiger partial charge in [-0.3, -0.25) is 9.69 Å². The van der Waals surface area contributed by atoms with Crippen molar-refractivity contribution in [1.29, 1.82) is 0 Å². The van der Waals surface area contributed by atoms with Crippen LogP contribution in [0.15, 0.2) is 46.9 Å². The number of amides is 1. The minimum absolute atomic E-state index is 0.201. The van der Waals surface area contributed by atoms with Gasteiger partial charge in [0.1, 0.15) is 5.82 Å². The Morgan fingerprint density at radius 3 is 2.37 bits per heavy atom. The number of halogens is 3. The summed E-state index contributed by atoms with van der Waals surface area (Å²) in [6, 6.07) is 12.6. The average Bonchev–Trinajstić information content (AvgIpc) is 2.77.